The zero-order chi connectivity index (χ0) is 16.2. The van der Waals surface area contributed by atoms with Gasteiger partial charge in [0.1, 0.15) is 0 Å². The lowest BCUT2D eigenvalue weighted by Crippen LogP contribution is -2.28. The van der Waals surface area contributed by atoms with Gasteiger partial charge in [0, 0.05) is 28.8 Å². The van der Waals surface area contributed by atoms with Crippen molar-refractivity contribution in [1.29, 1.82) is 0 Å². The van der Waals surface area contributed by atoms with Crippen molar-refractivity contribution in [2.45, 2.75) is 13.0 Å². The summed E-state index contributed by atoms with van der Waals surface area (Å²) in [5.74, 6) is -0.336. The fourth-order valence-corrected chi connectivity index (χ4v) is 3.04. The lowest BCUT2D eigenvalue weighted by atomic mass is 10.1. The number of likely N-dealkylation sites (tertiary alicyclic amines) is 1. The quantitative estimate of drug-likeness (QED) is 0.773. The van der Waals surface area contributed by atoms with Gasteiger partial charge in [0.15, 0.2) is 0 Å². The van der Waals surface area contributed by atoms with Crippen molar-refractivity contribution in [2.75, 3.05) is 11.9 Å². The lowest BCUT2D eigenvalue weighted by molar-refractivity contribution is -0.128. The van der Waals surface area contributed by atoms with E-state index in [1.807, 2.05) is 54.6 Å². The highest BCUT2D eigenvalue weighted by atomic mass is 127. The zero-order valence-corrected chi connectivity index (χ0v) is 14.7. The number of carbonyl (C=O) groups excluding carboxylic acids is 2. The van der Waals surface area contributed by atoms with E-state index in [0.29, 0.717) is 13.1 Å². The van der Waals surface area contributed by atoms with Gasteiger partial charge >= 0.3 is 0 Å². The molecule has 1 saturated heterocycles. The minimum Gasteiger partial charge on any atom is -0.338 e. The first-order valence-corrected chi connectivity index (χ1v) is 8.58. The summed E-state index contributed by atoms with van der Waals surface area (Å²) in [6, 6.07) is 17.5. The second kappa shape index (κ2) is 7.12. The maximum absolute atomic E-state index is 12.4. The second-order valence-corrected chi connectivity index (χ2v) is 6.90. The van der Waals surface area contributed by atoms with Crippen molar-refractivity contribution < 1.29 is 9.59 Å². The summed E-state index contributed by atoms with van der Waals surface area (Å²) < 4.78 is 1.12. The topological polar surface area (TPSA) is 49.4 Å². The third-order valence-corrected chi connectivity index (χ3v) is 4.63. The van der Waals surface area contributed by atoms with E-state index in [9.17, 15) is 9.59 Å². The summed E-state index contributed by atoms with van der Waals surface area (Å²) in [4.78, 5) is 26.2. The number of nitrogens with zero attached hydrogens (tertiary/aromatic N) is 1. The SMILES string of the molecule is O=C(Nc1ccc(I)cc1)[C@H]1CC(=O)N(Cc2ccccc2)C1. The molecule has 1 heterocycles. The number of hydrogen-bond acceptors (Lipinski definition) is 2. The molecular formula is C18H17IN2O2. The van der Waals surface area contributed by atoms with E-state index in [1.165, 1.54) is 0 Å². The predicted octanol–water partition coefficient (Wildman–Crippen LogP) is 3.28. The largest absolute Gasteiger partial charge is 0.338 e. The van der Waals surface area contributed by atoms with Crippen LogP contribution in [0.4, 0.5) is 5.69 Å². The van der Waals surface area contributed by atoms with Crippen molar-refractivity contribution in [2.24, 2.45) is 5.92 Å². The highest BCUT2D eigenvalue weighted by Gasteiger charge is 2.34. The Morgan fingerprint density at radius 2 is 1.83 bits per heavy atom. The Morgan fingerprint density at radius 3 is 2.52 bits per heavy atom. The highest BCUT2D eigenvalue weighted by molar-refractivity contribution is 14.1. The standard InChI is InChI=1S/C18H17IN2O2/c19-15-6-8-16(9-7-15)20-18(23)14-10-17(22)21(12-14)11-13-4-2-1-3-5-13/h1-9,14H,10-12H2,(H,20,23)/t14-/m0/s1. The molecule has 1 aliphatic rings. The molecule has 2 aromatic rings. The fourth-order valence-electron chi connectivity index (χ4n) is 2.68. The Labute approximate surface area is 149 Å². The minimum absolute atomic E-state index is 0.0385. The molecular weight excluding hydrogens is 403 g/mol. The van der Waals surface area contributed by atoms with Crippen LogP contribution >= 0.6 is 22.6 Å². The molecule has 5 heteroatoms. The Hall–Kier alpha value is -1.89. The number of benzene rings is 2. The van der Waals surface area contributed by atoms with Crippen molar-refractivity contribution in [3.8, 4) is 0 Å². The van der Waals surface area contributed by atoms with E-state index >= 15 is 0 Å². The van der Waals surface area contributed by atoms with E-state index in [0.717, 1.165) is 14.8 Å². The lowest BCUT2D eigenvalue weighted by Gasteiger charge is -2.16. The summed E-state index contributed by atoms with van der Waals surface area (Å²) >= 11 is 2.22. The molecule has 1 atom stereocenters. The van der Waals surface area contributed by atoms with Gasteiger partial charge in [0.05, 0.1) is 5.92 Å². The fraction of sp³-hybridized carbons (Fsp3) is 0.222. The summed E-state index contributed by atoms with van der Waals surface area (Å²) in [5, 5.41) is 2.89. The van der Waals surface area contributed by atoms with Crippen LogP contribution in [0.2, 0.25) is 0 Å². The number of carbonyl (C=O) groups is 2. The van der Waals surface area contributed by atoms with Crippen molar-refractivity contribution >= 4 is 40.1 Å². The Balaban J connectivity index is 1.60. The number of anilines is 1. The van der Waals surface area contributed by atoms with Crippen LogP contribution in [0.3, 0.4) is 0 Å². The highest BCUT2D eigenvalue weighted by Crippen LogP contribution is 2.22. The molecule has 0 unspecified atom stereocenters. The predicted molar refractivity (Wildman–Crippen MR) is 97.8 cm³/mol. The Kier molecular flexibility index (Phi) is 4.95. The van der Waals surface area contributed by atoms with Gasteiger partial charge in [-0.3, -0.25) is 9.59 Å². The molecule has 4 nitrogen and oxygen atoms in total. The molecule has 2 amide bonds. The van der Waals surface area contributed by atoms with Gasteiger partial charge in [0.25, 0.3) is 0 Å². The van der Waals surface area contributed by atoms with Crippen molar-refractivity contribution in [3.05, 3.63) is 63.7 Å². The molecule has 0 bridgehead atoms. The molecule has 118 valence electrons. The number of halogens is 1. The number of nitrogens with one attached hydrogen (secondary N) is 1. The molecule has 0 saturated carbocycles. The van der Waals surface area contributed by atoms with E-state index in [4.69, 9.17) is 0 Å². The first-order valence-electron chi connectivity index (χ1n) is 7.50. The monoisotopic (exact) mass is 420 g/mol. The molecule has 1 N–H and O–H groups in total. The van der Waals surface area contributed by atoms with Crippen LogP contribution < -0.4 is 5.32 Å². The summed E-state index contributed by atoms with van der Waals surface area (Å²) in [7, 11) is 0. The Bertz CT molecular complexity index is 701. The first kappa shape index (κ1) is 16.0. The van der Waals surface area contributed by atoms with Gasteiger partial charge in [-0.1, -0.05) is 30.3 Å². The van der Waals surface area contributed by atoms with Crippen LogP contribution in [0.15, 0.2) is 54.6 Å². The van der Waals surface area contributed by atoms with Gasteiger partial charge in [-0.15, -0.1) is 0 Å². The smallest absolute Gasteiger partial charge is 0.229 e. The Morgan fingerprint density at radius 1 is 1.13 bits per heavy atom. The molecule has 2 aromatic carbocycles. The van der Waals surface area contributed by atoms with Gasteiger partial charge in [0.2, 0.25) is 11.8 Å². The summed E-state index contributed by atoms with van der Waals surface area (Å²) in [6.45, 7) is 1.04. The van der Waals surface area contributed by atoms with Crippen LogP contribution in [0.1, 0.15) is 12.0 Å². The molecule has 3 rings (SSSR count). The van der Waals surface area contributed by atoms with E-state index < -0.39 is 0 Å². The van der Waals surface area contributed by atoms with Crippen LogP contribution in [-0.2, 0) is 16.1 Å². The van der Waals surface area contributed by atoms with Gasteiger partial charge in [-0.25, -0.2) is 0 Å². The minimum atomic E-state index is -0.287. The molecule has 0 aliphatic carbocycles. The van der Waals surface area contributed by atoms with Crippen LogP contribution in [0, 0.1) is 9.49 Å². The third kappa shape index (κ3) is 4.10. The van der Waals surface area contributed by atoms with Crippen molar-refractivity contribution in [3.63, 3.8) is 0 Å². The van der Waals surface area contributed by atoms with Gasteiger partial charge < -0.3 is 10.2 Å². The van der Waals surface area contributed by atoms with Crippen LogP contribution in [0.5, 0.6) is 0 Å². The molecule has 23 heavy (non-hydrogen) atoms. The first-order chi connectivity index (χ1) is 11.1. The maximum Gasteiger partial charge on any atom is 0.229 e. The normalized spacial score (nSPS) is 17.3. The third-order valence-electron chi connectivity index (χ3n) is 3.91. The molecule has 0 aromatic heterocycles. The second-order valence-electron chi connectivity index (χ2n) is 5.66. The van der Waals surface area contributed by atoms with E-state index in [-0.39, 0.29) is 24.2 Å². The number of hydrogen-bond donors (Lipinski definition) is 1. The van der Waals surface area contributed by atoms with Gasteiger partial charge in [-0.2, -0.15) is 0 Å². The zero-order valence-electron chi connectivity index (χ0n) is 12.5. The molecule has 0 radical (unpaired) electrons. The maximum atomic E-state index is 12.4. The molecule has 1 aliphatic heterocycles. The average molecular weight is 420 g/mol. The van der Waals surface area contributed by atoms with Crippen molar-refractivity contribution in [1.82, 2.24) is 4.90 Å². The van der Waals surface area contributed by atoms with Crippen LogP contribution in [0.25, 0.3) is 0 Å². The number of amides is 2. The molecule has 0 spiro atoms. The summed E-state index contributed by atoms with van der Waals surface area (Å²) in [5.41, 5.74) is 1.85. The van der Waals surface area contributed by atoms with E-state index in [2.05, 4.69) is 27.9 Å². The summed E-state index contributed by atoms with van der Waals surface area (Å²) in [6.07, 6.45) is 0.281. The average Bonchev–Trinajstić information content (AvgIpc) is 2.92. The number of rotatable bonds is 4. The van der Waals surface area contributed by atoms with Gasteiger partial charge in [-0.05, 0) is 52.4 Å². The molecule has 1 fully saturated rings. The van der Waals surface area contributed by atoms with Crippen LogP contribution in [-0.4, -0.2) is 23.3 Å². The van der Waals surface area contributed by atoms with E-state index in [1.54, 1.807) is 4.90 Å².